The zero-order valence-electron chi connectivity index (χ0n) is 18.1. The minimum atomic E-state index is 0.689. The molecule has 0 saturated carbocycles. The Kier molecular flexibility index (Phi) is 14.8. The van der Waals surface area contributed by atoms with Gasteiger partial charge in [-0.15, -0.1) is 0 Å². The maximum Gasteiger partial charge on any atom is 0.0329 e. The molecule has 2 rings (SSSR count). The predicted molar refractivity (Wildman–Crippen MR) is 119 cm³/mol. The van der Waals surface area contributed by atoms with Crippen LogP contribution in [0.2, 0.25) is 0 Å². The van der Waals surface area contributed by atoms with E-state index in [1.165, 1.54) is 23.3 Å². The lowest BCUT2D eigenvalue weighted by Crippen LogP contribution is -2.29. The van der Waals surface area contributed by atoms with Gasteiger partial charge in [0.05, 0.1) is 0 Å². The van der Waals surface area contributed by atoms with Crippen molar-refractivity contribution in [1.82, 2.24) is 4.90 Å². The number of nitrogens with two attached hydrogens (primary N) is 1. The molecule has 0 amide bonds. The summed E-state index contributed by atoms with van der Waals surface area (Å²) >= 11 is 0. The minimum Gasteiger partial charge on any atom is -0.371 e. The Labute approximate surface area is 163 Å². The van der Waals surface area contributed by atoms with Gasteiger partial charge in [-0.05, 0) is 48.8 Å². The van der Waals surface area contributed by atoms with E-state index in [-0.39, 0.29) is 0 Å². The van der Waals surface area contributed by atoms with Crippen LogP contribution in [0.1, 0.15) is 67.2 Å². The van der Waals surface area contributed by atoms with Crippen molar-refractivity contribution in [3.8, 4) is 0 Å². The third-order valence-electron chi connectivity index (χ3n) is 4.23. The Balaban J connectivity index is 0.00000146. The Hall–Kier alpha value is -1.54. The van der Waals surface area contributed by atoms with E-state index in [9.17, 15) is 0 Å². The van der Waals surface area contributed by atoms with Gasteiger partial charge in [-0.3, -0.25) is 0 Å². The molecule has 2 aliphatic carbocycles. The van der Waals surface area contributed by atoms with Crippen molar-refractivity contribution < 1.29 is 0 Å². The quantitative estimate of drug-likeness (QED) is 0.571. The minimum absolute atomic E-state index is 0.689. The van der Waals surface area contributed by atoms with Gasteiger partial charge < -0.3 is 10.6 Å². The largest absolute Gasteiger partial charge is 0.371 e. The third kappa shape index (κ3) is 9.24. The Bertz CT molecular complexity index is 500. The first-order valence-corrected chi connectivity index (χ1v) is 10.6. The lowest BCUT2D eigenvalue weighted by molar-refractivity contribution is 0.363. The van der Waals surface area contributed by atoms with Crippen molar-refractivity contribution in [3.63, 3.8) is 0 Å². The van der Waals surface area contributed by atoms with E-state index in [4.69, 9.17) is 5.73 Å². The van der Waals surface area contributed by atoms with Crippen LogP contribution in [0.4, 0.5) is 0 Å². The highest BCUT2D eigenvalue weighted by molar-refractivity contribution is 5.37. The zero-order chi connectivity index (χ0) is 19.8. The molecule has 0 aromatic heterocycles. The standard InChI is InChI=1S/C20H30N2.2C2H6/c1-3-14-22(15-13-21)20-6-4-5-18(11-12-20)16-19-9-7-17(2)8-10-19;2*1-2/h5-7,9-12,17H,3-4,8,13-16,21H2,1-2H3;2*1-2H3. The van der Waals surface area contributed by atoms with E-state index in [0.29, 0.717) is 12.5 Å². The van der Waals surface area contributed by atoms with Crippen LogP contribution in [0.3, 0.4) is 0 Å². The molecule has 148 valence electrons. The first-order chi connectivity index (χ1) is 12.7. The monoisotopic (exact) mass is 358 g/mol. The van der Waals surface area contributed by atoms with Crippen molar-refractivity contribution in [3.05, 3.63) is 59.4 Å². The molecular weight excluding hydrogens is 316 g/mol. The van der Waals surface area contributed by atoms with Crippen LogP contribution < -0.4 is 5.73 Å². The highest BCUT2D eigenvalue weighted by Crippen LogP contribution is 2.24. The molecule has 0 heterocycles. The molecule has 0 aromatic rings. The van der Waals surface area contributed by atoms with Crippen molar-refractivity contribution in [2.24, 2.45) is 11.7 Å². The van der Waals surface area contributed by atoms with Crippen LogP contribution in [0.5, 0.6) is 0 Å². The summed E-state index contributed by atoms with van der Waals surface area (Å²) in [7, 11) is 0. The van der Waals surface area contributed by atoms with E-state index >= 15 is 0 Å². The Morgan fingerprint density at radius 3 is 2.23 bits per heavy atom. The van der Waals surface area contributed by atoms with Crippen molar-refractivity contribution in [1.29, 1.82) is 0 Å². The first-order valence-electron chi connectivity index (χ1n) is 10.6. The molecular formula is C24H42N2. The summed E-state index contributed by atoms with van der Waals surface area (Å²) in [5.41, 5.74) is 9.93. The maximum absolute atomic E-state index is 5.75. The molecule has 2 heteroatoms. The van der Waals surface area contributed by atoms with Gasteiger partial charge >= 0.3 is 0 Å². The van der Waals surface area contributed by atoms with Crippen molar-refractivity contribution >= 4 is 0 Å². The molecule has 26 heavy (non-hydrogen) atoms. The molecule has 0 fully saturated rings. The lowest BCUT2D eigenvalue weighted by Gasteiger charge is -2.24. The smallest absolute Gasteiger partial charge is 0.0329 e. The molecule has 2 N–H and O–H groups in total. The number of nitrogens with zero attached hydrogens (tertiary/aromatic N) is 1. The van der Waals surface area contributed by atoms with E-state index in [1.807, 2.05) is 27.7 Å². The molecule has 2 aliphatic rings. The molecule has 0 aliphatic heterocycles. The van der Waals surface area contributed by atoms with Crippen LogP contribution in [-0.2, 0) is 0 Å². The van der Waals surface area contributed by atoms with Crippen LogP contribution in [-0.4, -0.2) is 24.5 Å². The van der Waals surface area contributed by atoms with E-state index in [1.54, 1.807) is 0 Å². The van der Waals surface area contributed by atoms with Gasteiger partial charge in [-0.2, -0.15) is 0 Å². The Morgan fingerprint density at radius 2 is 1.65 bits per heavy atom. The average molecular weight is 359 g/mol. The second kappa shape index (κ2) is 15.7. The SMILES string of the molecule is CC.CC.CCCN(CCN)C1=CCC=C(CC2=CCC(C)C=C2)C=C1. The summed E-state index contributed by atoms with van der Waals surface area (Å²) < 4.78 is 0. The fourth-order valence-corrected chi connectivity index (χ4v) is 2.96. The van der Waals surface area contributed by atoms with Crippen LogP contribution in [0.25, 0.3) is 0 Å². The van der Waals surface area contributed by atoms with Gasteiger partial charge in [0.25, 0.3) is 0 Å². The van der Waals surface area contributed by atoms with Gasteiger partial charge in [-0.1, -0.05) is 78.0 Å². The van der Waals surface area contributed by atoms with Crippen LogP contribution in [0.15, 0.2) is 59.4 Å². The summed E-state index contributed by atoms with van der Waals surface area (Å²) in [5, 5.41) is 0. The number of rotatable bonds is 7. The fourth-order valence-electron chi connectivity index (χ4n) is 2.96. The van der Waals surface area contributed by atoms with Crippen LogP contribution >= 0.6 is 0 Å². The second-order valence-corrected chi connectivity index (χ2v) is 6.28. The van der Waals surface area contributed by atoms with E-state index in [0.717, 1.165) is 32.4 Å². The molecule has 0 saturated heterocycles. The molecule has 0 bridgehead atoms. The summed E-state index contributed by atoms with van der Waals surface area (Å²) in [6, 6.07) is 0. The first kappa shape index (κ1) is 24.5. The zero-order valence-corrected chi connectivity index (χ0v) is 18.1. The molecule has 0 spiro atoms. The highest BCUT2D eigenvalue weighted by Gasteiger charge is 2.09. The Morgan fingerprint density at radius 1 is 0.962 bits per heavy atom. The molecule has 0 radical (unpaired) electrons. The van der Waals surface area contributed by atoms with Gasteiger partial charge in [0, 0.05) is 25.3 Å². The molecule has 2 nitrogen and oxygen atoms in total. The second-order valence-electron chi connectivity index (χ2n) is 6.28. The van der Waals surface area contributed by atoms with Gasteiger partial charge in [-0.25, -0.2) is 0 Å². The summed E-state index contributed by atoms with van der Waals surface area (Å²) in [6.45, 7) is 15.2. The summed E-state index contributed by atoms with van der Waals surface area (Å²) in [5.74, 6) is 0.689. The topological polar surface area (TPSA) is 29.3 Å². The maximum atomic E-state index is 5.75. The number of hydrogen-bond donors (Lipinski definition) is 1. The molecule has 1 unspecified atom stereocenters. The summed E-state index contributed by atoms with van der Waals surface area (Å²) in [6.07, 6.45) is 20.6. The number of hydrogen-bond acceptors (Lipinski definition) is 2. The average Bonchev–Trinajstić information content (AvgIpc) is 2.92. The van der Waals surface area contributed by atoms with E-state index < -0.39 is 0 Å². The van der Waals surface area contributed by atoms with Crippen molar-refractivity contribution in [2.45, 2.75) is 67.2 Å². The van der Waals surface area contributed by atoms with E-state index in [2.05, 4.69) is 61.3 Å². The third-order valence-corrected chi connectivity index (χ3v) is 4.23. The van der Waals surface area contributed by atoms with Crippen molar-refractivity contribution in [2.75, 3.05) is 19.6 Å². The summed E-state index contributed by atoms with van der Waals surface area (Å²) in [4.78, 5) is 2.40. The van der Waals surface area contributed by atoms with Crippen LogP contribution in [0, 0.1) is 5.92 Å². The fraction of sp³-hybridized carbons (Fsp3) is 0.583. The van der Waals surface area contributed by atoms with Gasteiger partial charge in [0.2, 0.25) is 0 Å². The van der Waals surface area contributed by atoms with Gasteiger partial charge in [0.15, 0.2) is 0 Å². The molecule has 1 atom stereocenters. The highest BCUT2D eigenvalue weighted by atomic mass is 15.1. The lowest BCUT2D eigenvalue weighted by atomic mass is 9.94. The normalized spacial score (nSPS) is 18.3. The predicted octanol–water partition coefficient (Wildman–Crippen LogP) is 6.39. The molecule has 0 aromatic carbocycles. The van der Waals surface area contributed by atoms with Gasteiger partial charge in [0.1, 0.15) is 0 Å². The number of allylic oxidation sites excluding steroid dienone is 9.